The molecule has 1 rings (SSSR count). The summed E-state index contributed by atoms with van der Waals surface area (Å²) in [6.07, 6.45) is 0.728. The summed E-state index contributed by atoms with van der Waals surface area (Å²) in [5.41, 5.74) is 0. The van der Waals surface area contributed by atoms with E-state index >= 15 is 0 Å². The van der Waals surface area contributed by atoms with Crippen LogP contribution in [-0.4, -0.2) is 69.4 Å². The highest BCUT2D eigenvalue weighted by atomic mass is 16.7. The van der Waals surface area contributed by atoms with Gasteiger partial charge in [-0.05, 0) is 19.8 Å². The first kappa shape index (κ1) is 18.4. The third-order valence-corrected chi connectivity index (χ3v) is 3.48. The van der Waals surface area contributed by atoms with Crippen LogP contribution in [0.2, 0.25) is 0 Å². The third kappa shape index (κ3) is 5.27. The average Bonchev–Trinajstić information content (AvgIpc) is 2.55. The molecule has 0 aromatic rings. The number of carbonyl (C=O) groups excluding carboxylic acids is 3. The van der Waals surface area contributed by atoms with Crippen LogP contribution in [-0.2, 0) is 28.6 Å². The van der Waals surface area contributed by atoms with Crippen LogP contribution in [0.25, 0.3) is 0 Å². The zero-order valence-corrected chi connectivity index (χ0v) is 13.3. The van der Waals surface area contributed by atoms with Gasteiger partial charge >= 0.3 is 17.8 Å². The zero-order valence-electron chi connectivity index (χ0n) is 13.3. The number of hydrogen-bond acceptors (Lipinski definition) is 6. The Morgan fingerprint density at radius 3 is 2.55 bits per heavy atom. The molecule has 1 saturated heterocycles. The second-order valence-corrected chi connectivity index (χ2v) is 4.95. The van der Waals surface area contributed by atoms with Gasteiger partial charge in [0.2, 0.25) is 0 Å². The van der Waals surface area contributed by atoms with Crippen molar-refractivity contribution < 1.29 is 28.6 Å². The van der Waals surface area contributed by atoms with Crippen molar-refractivity contribution in [3.05, 3.63) is 0 Å². The van der Waals surface area contributed by atoms with E-state index in [0.29, 0.717) is 26.0 Å². The Kier molecular flexibility index (Phi) is 7.83. The molecule has 1 aliphatic heterocycles. The standard InChI is InChI=1S/C14H24N2O6/c1-4-22-14(19)10-6-5-7-16(9-10)13(18)12(17)15-8-11(20-2)21-3/h10-11H,4-9H2,1-3H3,(H,15,17). The van der Waals surface area contributed by atoms with E-state index in [1.54, 1.807) is 6.92 Å². The molecule has 1 unspecified atom stereocenters. The summed E-state index contributed by atoms with van der Waals surface area (Å²) in [6.45, 7) is 2.79. The smallest absolute Gasteiger partial charge is 0.311 e. The highest BCUT2D eigenvalue weighted by molar-refractivity contribution is 6.35. The number of esters is 1. The Morgan fingerprint density at radius 1 is 1.27 bits per heavy atom. The van der Waals surface area contributed by atoms with E-state index < -0.39 is 18.1 Å². The van der Waals surface area contributed by atoms with Gasteiger partial charge in [0.05, 0.1) is 19.1 Å². The molecule has 0 spiro atoms. The van der Waals surface area contributed by atoms with Crippen LogP contribution in [0.4, 0.5) is 0 Å². The maximum absolute atomic E-state index is 12.1. The first-order chi connectivity index (χ1) is 10.5. The SMILES string of the molecule is CCOC(=O)C1CCCN(C(=O)C(=O)NCC(OC)OC)C1. The van der Waals surface area contributed by atoms with Crippen LogP contribution in [0.3, 0.4) is 0 Å². The van der Waals surface area contributed by atoms with Gasteiger partial charge in [0.1, 0.15) is 0 Å². The van der Waals surface area contributed by atoms with Crippen LogP contribution >= 0.6 is 0 Å². The van der Waals surface area contributed by atoms with Gasteiger partial charge in [-0.3, -0.25) is 14.4 Å². The minimum absolute atomic E-state index is 0.0761. The van der Waals surface area contributed by atoms with Gasteiger partial charge in [-0.15, -0.1) is 0 Å². The van der Waals surface area contributed by atoms with E-state index in [0.717, 1.165) is 0 Å². The number of amides is 2. The highest BCUT2D eigenvalue weighted by Crippen LogP contribution is 2.18. The van der Waals surface area contributed by atoms with Gasteiger partial charge in [0.25, 0.3) is 0 Å². The van der Waals surface area contributed by atoms with E-state index in [1.165, 1.54) is 19.1 Å². The summed E-state index contributed by atoms with van der Waals surface area (Å²) in [6, 6.07) is 0. The monoisotopic (exact) mass is 316 g/mol. The fraction of sp³-hybridized carbons (Fsp3) is 0.786. The number of nitrogens with zero attached hydrogens (tertiary/aromatic N) is 1. The molecule has 1 fully saturated rings. The quantitative estimate of drug-likeness (QED) is 0.404. The van der Waals surface area contributed by atoms with Crippen molar-refractivity contribution in [2.45, 2.75) is 26.1 Å². The normalized spacial score (nSPS) is 18.2. The number of nitrogens with one attached hydrogen (secondary N) is 1. The van der Waals surface area contributed by atoms with E-state index in [-0.39, 0.29) is 25.0 Å². The number of piperidine rings is 1. The third-order valence-electron chi connectivity index (χ3n) is 3.48. The van der Waals surface area contributed by atoms with Gasteiger partial charge < -0.3 is 24.4 Å². The fourth-order valence-electron chi connectivity index (χ4n) is 2.27. The van der Waals surface area contributed by atoms with Crippen molar-refractivity contribution >= 4 is 17.8 Å². The van der Waals surface area contributed by atoms with Crippen LogP contribution < -0.4 is 5.32 Å². The fourth-order valence-corrected chi connectivity index (χ4v) is 2.27. The topological polar surface area (TPSA) is 94.2 Å². The second-order valence-electron chi connectivity index (χ2n) is 4.95. The molecular formula is C14H24N2O6. The molecule has 8 nitrogen and oxygen atoms in total. The lowest BCUT2D eigenvalue weighted by atomic mass is 9.98. The Hall–Kier alpha value is -1.67. The molecule has 1 atom stereocenters. The lowest BCUT2D eigenvalue weighted by Crippen LogP contribution is -2.49. The first-order valence-electron chi connectivity index (χ1n) is 7.32. The molecule has 8 heteroatoms. The number of rotatable bonds is 6. The maximum Gasteiger partial charge on any atom is 0.311 e. The first-order valence-corrected chi connectivity index (χ1v) is 7.32. The second kappa shape index (κ2) is 9.37. The summed E-state index contributed by atoms with van der Waals surface area (Å²) in [7, 11) is 2.88. The van der Waals surface area contributed by atoms with Crippen LogP contribution in [0, 0.1) is 5.92 Å². The van der Waals surface area contributed by atoms with Gasteiger partial charge in [-0.1, -0.05) is 0 Å². The van der Waals surface area contributed by atoms with Gasteiger partial charge in [-0.2, -0.15) is 0 Å². The molecule has 0 bridgehead atoms. The van der Waals surface area contributed by atoms with Crippen LogP contribution in [0.15, 0.2) is 0 Å². The number of ether oxygens (including phenoxy) is 3. The van der Waals surface area contributed by atoms with Crippen molar-refractivity contribution in [2.75, 3.05) is 40.5 Å². The van der Waals surface area contributed by atoms with Crippen LogP contribution in [0.5, 0.6) is 0 Å². The highest BCUT2D eigenvalue weighted by Gasteiger charge is 2.32. The van der Waals surface area contributed by atoms with Gasteiger partial charge in [-0.25, -0.2) is 0 Å². The molecule has 0 saturated carbocycles. The van der Waals surface area contributed by atoms with E-state index in [1.807, 2.05) is 0 Å². The molecule has 22 heavy (non-hydrogen) atoms. The van der Waals surface area contributed by atoms with Gasteiger partial charge in [0.15, 0.2) is 6.29 Å². The Bertz CT molecular complexity index is 397. The lowest BCUT2D eigenvalue weighted by molar-refractivity contribution is -0.154. The predicted octanol–water partition coefficient (Wildman–Crippen LogP) is -0.477. The molecule has 0 aromatic heterocycles. The Morgan fingerprint density at radius 2 is 1.95 bits per heavy atom. The molecule has 0 radical (unpaired) electrons. The largest absolute Gasteiger partial charge is 0.466 e. The number of methoxy groups -OCH3 is 2. The summed E-state index contributed by atoms with van der Waals surface area (Å²) in [5, 5.41) is 2.45. The molecule has 0 aliphatic carbocycles. The molecule has 1 aliphatic rings. The number of hydrogen-bond donors (Lipinski definition) is 1. The summed E-state index contributed by atoms with van der Waals surface area (Å²) < 4.78 is 14.8. The van der Waals surface area contributed by atoms with Crippen molar-refractivity contribution in [1.82, 2.24) is 10.2 Å². The summed E-state index contributed by atoms with van der Waals surface area (Å²) in [5.74, 6) is -2.07. The minimum atomic E-state index is -0.733. The number of likely N-dealkylation sites (tertiary alicyclic amines) is 1. The predicted molar refractivity (Wildman–Crippen MR) is 76.8 cm³/mol. The minimum Gasteiger partial charge on any atom is -0.466 e. The average molecular weight is 316 g/mol. The zero-order chi connectivity index (χ0) is 16.5. The lowest BCUT2D eigenvalue weighted by Gasteiger charge is -2.31. The molecule has 126 valence electrons. The van der Waals surface area contributed by atoms with E-state index in [2.05, 4.69) is 5.32 Å². The molecule has 0 aromatic carbocycles. The van der Waals surface area contributed by atoms with E-state index in [4.69, 9.17) is 14.2 Å². The van der Waals surface area contributed by atoms with Crippen LogP contribution in [0.1, 0.15) is 19.8 Å². The van der Waals surface area contributed by atoms with Gasteiger partial charge in [0, 0.05) is 27.3 Å². The van der Waals surface area contributed by atoms with Crippen molar-refractivity contribution in [3.63, 3.8) is 0 Å². The molecule has 1 heterocycles. The van der Waals surface area contributed by atoms with E-state index in [9.17, 15) is 14.4 Å². The van der Waals surface area contributed by atoms with Crippen molar-refractivity contribution in [3.8, 4) is 0 Å². The Labute approximate surface area is 130 Å². The Balaban J connectivity index is 2.49. The number of carbonyl (C=O) groups is 3. The molecular weight excluding hydrogens is 292 g/mol. The summed E-state index contributed by atoms with van der Waals surface area (Å²) in [4.78, 5) is 37.1. The molecule has 2 amide bonds. The van der Waals surface area contributed by atoms with Crippen molar-refractivity contribution in [1.29, 1.82) is 0 Å². The maximum atomic E-state index is 12.1. The van der Waals surface area contributed by atoms with Crippen molar-refractivity contribution in [2.24, 2.45) is 5.92 Å². The summed E-state index contributed by atoms with van der Waals surface area (Å²) >= 11 is 0. The molecule has 1 N–H and O–H groups in total.